The minimum atomic E-state index is -1.71. The summed E-state index contributed by atoms with van der Waals surface area (Å²) >= 11 is -1.71. The molecule has 2 aliphatic rings. The van der Waals surface area contributed by atoms with Gasteiger partial charge in [-0.15, -0.1) is 0 Å². The number of rotatable bonds is 6. The second-order valence-corrected chi connectivity index (χ2v) is 28.5. The standard InChI is InChI=1S/C21H25.C6H14.C5H5.CH5Si.2ClH.Zr/c1-20(2,3)16-7-9-18-14(12-16)11-15-13-17(21(4,5)6)8-10-19(15)18;1-3-5-6-4-2;1-2-4-5-3-1;1-2;;;/h7-13H,1-6H3;3-6H2,1-2H3;1-3H,4H2;2H2,1H3;2*1H;/q;;;;;;+2/p-2. The van der Waals surface area contributed by atoms with Crippen molar-refractivity contribution in [3.05, 3.63) is 80.2 Å². The molecule has 0 atom stereocenters. The molecule has 0 unspecified atom stereocenters. The minimum Gasteiger partial charge on any atom is -1.00 e. The molecule has 37 heavy (non-hydrogen) atoms. The van der Waals surface area contributed by atoms with Crippen LogP contribution in [0.1, 0.15) is 113 Å². The number of fused-ring (bicyclic) bond motifs is 3. The minimum absolute atomic E-state index is 0. The molecular formula is C33H49Cl2SiZr. The Morgan fingerprint density at radius 2 is 1.24 bits per heavy atom. The van der Waals surface area contributed by atoms with Crippen LogP contribution in [0.3, 0.4) is 0 Å². The van der Waals surface area contributed by atoms with E-state index in [0.717, 1.165) is 3.63 Å². The van der Waals surface area contributed by atoms with Gasteiger partial charge in [0.1, 0.15) is 0 Å². The molecular weight excluding hydrogens is 587 g/mol. The Hall–Kier alpha value is -0.400. The smallest absolute Gasteiger partial charge is 1.00 e. The average molecular weight is 636 g/mol. The predicted octanol–water partition coefficient (Wildman–Crippen LogP) is 3.54. The quantitative estimate of drug-likeness (QED) is 0.337. The van der Waals surface area contributed by atoms with E-state index in [9.17, 15) is 0 Å². The van der Waals surface area contributed by atoms with Crippen LogP contribution in [0.4, 0.5) is 0 Å². The first kappa shape index (κ1) is 34.6. The van der Waals surface area contributed by atoms with Crippen LogP contribution < -0.4 is 24.8 Å². The summed E-state index contributed by atoms with van der Waals surface area (Å²) in [6, 6.07) is 14.8. The molecule has 4 heteroatoms. The normalized spacial score (nSPS) is 14.4. The molecule has 0 aromatic heterocycles. The largest absolute Gasteiger partial charge is 1.00 e. The van der Waals surface area contributed by atoms with Crippen LogP contribution in [-0.2, 0) is 31.7 Å². The van der Waals surface area contributed by atoms with E-state index in [1.807, 2.05) is 3.28 Å². The Bertz CT molecular complexity index is 1010. The van der Waals surface area contributed by atoms with Gasteiger partial charge < -0.3 is 24.8 Å². The van der Waals surface area contributed by atoms with Gasteiger partial charge in [-0.25, -0.2) is 0 Å². The summed E-state index contributed by atoms with van der Waals surface area (Å²) in [4.78, 5) is 0. The molecule has 0 radical (unpaired) electrons. The van der Waals surface area contributed by atoms with Crippen molar-refractivity contribution in [2.75, 3.05) is 0 Å². The molecule has 0 saturated heterocycles. The molecule has 2 aromatic rings. The summed E-state index contributed by atoms with van der Waals surface area (Å²) in [5.74, 6) is 0. The first-order chi connectivity index (χ1) is 16.5. The summed E-state index contributed by atoms with van der Waals surface area (Å²) in [6.07, 6.45) is 14.0. The zero-order chi connectivity index (χ0) is 25.8. The van der Waals surface area contributed by atoms with Gasteiger partial charge in [-0.2, -0.15) is 0 Å². The molecule has 0 fully saturated rings. The van der Waals surface area contributed by atoms with Gasteiger partial charge in [0, 0.05) is 0 Å². The Labute approximate surface area is 250 Å². The fourth-order valence-electron chi connectivity index (χ4n) is 5.37. The molecule has 0 N–H and O–H groups in total. The number of halogens is 2. The first-order valence-electron chi connectivity index (χ1n) is 14.0. The monoisotopic (exact) mass is 633 g/mol. The van der Waals surface area contributed by atoms with Crippen molar-refractivity contribution in [2.24, 2.45) is 0 Å². The molecule has 0 bridgehead atoms. The van der Waals surface area contributed by atoms with Crippen LogP contribution in [0.25, 0.3) is 11.1 Å². The number of unbranched alkanes of at least 4 members (excludes halogenated alkanes) is 3. The molecule has 0 spiro atoms. The Morgan fingerprint density at radius 3 is 1.57 bits per heavy atom. The van der Waals surface area contributed by atoms with E-state index in [2.05, 4.69) is 117 Å². The van der Waals surface area contributed by atoms with Gasteiger partial charge in [-0.05, 0) is 0 Å². The van der Waals surface area contributed by atoms with Crippen LogP contribution in [0.2, 0.25) is 6.55 Å². The summed E-state index contributed by atoms with van der Waals surface area (Å²) in [7, 11) is 0. The van der Waals surface area contributed by atoms with E-state index in [1.54, 1.807) is 11.1 Å². The van der Waals surface area contributed by atoms with E-state index in [4.69, 9.17) is 0 Å². The van der Waals surface area contributed by atoms with Crippen LogP contribution in [0.5, 0.6) is 0 Å². The maximum Gasteiger partial charge on any atom is -1.00 e. The van der Waals surface area contributed by atoms with E-state index in [-0.39, 0.29) is 42.3 Å². The van der Waals surface area contributed by atoms with E-state index >= 15 is 0 Å². The second-order valence-electron chi connectivity index (χ2n) is 12.4. The zero-order valence-electron chi connectivity index (χ0n) is 24.8. The summed E-state index contributed by atoms with van der Waals surface area (Å²) < 4.78 is 2.57. The van der Waals surface area contributed by atoms with Gasteiger partial charge in [-0.3, -0.25) is 0 Å². The maximum absolute atomic E-state index is 2.59. The topological polar surface area (TPSA) is 0 Å². The Balaban J connectivity index is 0.000000770. The third-order valence-corrected chi connectivity index (χ3v) is 25.3. The number of hydrogen-bond donors (Lipinski definition) is 0. The van der Waals surface area contributed by atoms with Crippen molar-refractivity contribution in [3.8, 4) is 11.1 Å². The van der Waals surface area contributed by atoms with Gasteiger partial charge >= 0.3 is 188 Å². The summed E-state index contributed by atoms with van der Waals surface area (Å²) in [6.45, 7) is 21.1. The average Bonchev–Trinajstić information content (AvgIpc) is 3.44. The molecule has 203 valence electrons. The molecule has 2 aliphatic carbocycles. The van der Waals surface area contributed by atoms with E-state index in [0.29, 0.717) is 0 Å². The van der Waals surface area contributed by atoms with E-state index in [1.165, 1.54) is 54.4 Å². The van der Waals surface area contributed by atoms with Gasteiger partial charge in [0.05, 0.1) is 0 Å². The van der Waals surface area contributed by atoms with Crippen molar-refractivity contribution in [3.63, 3.8) is 0 Å². The third kappa shape index (κ3) is 8.30. The number of benzene rings is 2. The molecule has 4 rings (SSSR count). The van der Waals surface area contributed by atoms with Gasteiger partial charge in [0.15, 0.2) is 0 Å². The van der Waals surface area contributed by atoms with Crippen molar-refractivity contribution >= 4 is 6.65 Å². The van der Waals surface area contributed by atoms with Crippen molar-refractivity contribution < 1.29 is 45.7 Å². The van der Waals surface area contributed by atoms with Gasteiger partial charge in [0.2, 0.25) is 0 Å². The van der Waals surface area contributed by atoms with Gasteiger partial charge in [-0.1, -0.05) is 39.5 Å². The predicted molar refractivity (Wildman–Crippen MR) is 157 cm³/mol. The fourth-order valence-corrected chi connectivity index (χ4v) is 22.4. The molecule has 0 amide bonds. The summed E-state index contributed by atoms with van der Waals surface area (Å²) in [5, 5.41) is 0. The molecule has 0 saturated carbocycles. The summed E-state index contributed by atoms with van der Waals surface area (Å²) in [5.41, 5.74) is 9.74. The molecule has 0 nitrogen and oxygen atoms in total. The number of allylic oxidation sites excluding steroid dienone is 4. The molecule has 2 aromatic carbocycles. The zero-order valence-corrected chi connectivity index (χ0v) is 30.2. The van der Waals surface area contributed by atoms with Crippen molar-refractivity contribution in [2.45, 2.75) is 108 Å². The first-order valence-corrected chi connectivity index (χ1v) is 24.0. The maximum atomic E-state index is 2.59. The fraction of sp³-hybridized carbons (Fsp3) is 0.515. The van der Waals surface area contributed by atoms with Gasteiger partial charge in [0.25, 0.3) is 0 Å². The second kappa shape index (κ2) is 14.8. The van der Waals surface area contributed by atoms with Crippen molar-refractivity contribution in [1.82, 2.24) is 0 Å². The third-order valence-electron chi connectivity index (χ3n) is 7.62. The Morgan fingerprint density at radius 1 is 0.784 bits per heavy atom. The number of hydrogen-bond acceptors (Lipinski definition) is 0. The van der Waals surface area contributed by atoms with E-state index < -0.39 is 20.9 Å². The van der Waals surface area contributed by atoms with Crippen LogP contribution >= 0.6 is 0 Å². The SMILES string of the molecule is CCCCCC.C[SiH2][Zr+2]([C]1=CC=CC1)[CH]1c2cc(C(C)(C)C)ccc2-c2ccc(C(C)(C)C)cc21.[Cl-].[Cl-]. The van der Waals surface area contributed by atoms with Crippen LogP contribution in [-0.4, -0.2) is 6.65 Å². The molecule has 0 aliphatic heterocycles. The van der Waals surface area contributed by atoms with Crippen LogP contribution in [0.15, 0.2) is 57.9 Å². The van der Waals surface area contributed by atoms with Crippen LogP contribution in [0, 0.1) is 0 Å². The van der Waals surface area contributed by atoms with Crippen molar-refractivity contribution in [1.29, 1.82) is 0 Å². The molecule has 0 heterocycles. The Kier molecular flexibility index (Phi) is 13.9.